The third kappa shape index (κ3) is 1.89. The summed E-state index contributed by atoms with van der Waals surface area (Å²) in [5, 5.41) is 0. The molecule has 0 saturated heterocycles. The van der Waals surface area contributed by atoms with Gasteiger partial charge in [0.1, 0.15) is 11.6 Å². The average molecular weight is 216 g/mol. The van der Waals surface area contributed by atoms with Crippen LogP contribution in [0.4, 0.5) is 10.2 Å². The Morgan fingerprint density at radius 2 is 1.88 bits per heavy atom. The van der Waals surface area contributed by atoms with Crippen LogP contribution in [0.1, 0.15) is 11.1 Å². The number of hydrogen-bond acceptors (Lipinski definition) is 2. The number of pyridine rings is 1. The fourth-order valence-corrected chi connectivity index (χ4v) is 1.71. The number of rotatable bonds is 1. The Balaban J connectivity index is 2.62. The van der Waals surface area contributed by atoms with E-state index in [4.69, 9.17) is 5.73 Å². The van der Waals surface area contributed by atoms with Crippen molar-refractivity contribution in [1.29, 1.82) is 0 Å². The van der Waals surface area contributed by atoms with Gasteiger partial charge in [-0.05, 0) is 37.6 Å². The van der Waals surface area contributed by atoms with E-state index in [1.807, 2.05) is 19.9 Å². The van der Waals surface area contributed by atoms with E-state index in [9.17, 15) is 4.39 Å². The van der Waals surface area contributed by atoms with Gasteiger partial charge in [-0.15, -0.1) is 0 Å². The molecule has 2 aromatic rings. The van der Waals surface area contributed by atoms with Crippen LogP contribution in [0.5, 0.6) is 0 Å². The Morgan fingerprint density at radius 3 is 2.56 bits per heavy atom. The maximum atomic E-state index is 13.7. The van der Waals surface area contributed by atoms with Gasteiger partial charge < -0.3 is 5.73 Å². The highest BCUT2D eigenvalue weighted by atomic mass is 19.1. The van der Waals surface area contributed by atoms with Crippen molar-refractivity contribution in [3.8, 4) is 11.1 Å². The predicted octanol–water partition coefficient (Wildman–Crippen LogP) is 3.09. The molecule has 0 spiro atoms. The van der Waals surface area contributed by atoms with Crippen LogP contribution in [0.15, 0.2) is 30.5 Å². The number of aromatic nitrogens is 1. The summed E-state index contributed by atoms with van der Waals surface area (Å²) >= 11 is 0. The number of nitrogens with two attached hydrogens (primary N) is 1. The summed E-state index contributed by atoms with van der Waals surface area (Å²) in [6, 6.07) is 6.78. The normalized spacial score (nSPS) is 10.4. The minimum Gasteiger partial charge on any atom is -0.384 e. The van der Waals surface area contributed by atoms with Crippen molar-refractivity contribution in [2.75, 3.05) is 5.73 Å². The molecule has 0 radical (unpaired) electrons. The first kappa shape index (κ1) is 10.6. The predicted molar refractivity (Wildman–Crippen MR) is 63.5 cm³/mol. The van der Waals surface area contributed by atoms with Crippen molar-refractivity contribution in [3.63, 3.8) is 0 Å². The molecule has 0 aliphatic rings. The fourth-order valence-electron chi connectivity index (χ4n) is 1.71. The molecule has 0 saturated carbocycles. The van der Waals surface area contributed by atoms with Gasteiger partial charge >= 0.3 is 0 Å². The van der Waals surface area contributed by atoms with E-state index >= 15 is 0 Å². The summed E-state index contributed by atoms with van der Waals surface area (Å²) in [7, 11) is 0. The SMILES string of the molecule is Cc1ccc(F)c(-c2cnc(N)cc2C)c1. The summed E-state index contributed by atoms with van der Waals surface area (Å²) in [6.45, 7) is 3.83. The summed E-state index contributed by atoms with van der Waals surface area (Å²) in [5.41, 5.74) is 8.88. The smallest absolute Gasteiger partial charge is 0.131 e. The minimum atomic E-state index is -0.236. The quantitative estimate of drug-likeness (QED) is 0.795. The van der Waals surface area contributed by atoms with Gasteiger partial charge in [0.15, 0.2) is 0 Å². The maximum Gasteiger partial charge on any atom is 0.131 e. The largest absolute Gasteiger partial charge is 0.384 e. The van der Waals surface area contributed by atoms with Crippen LogP contribution in [0, 0.1) is 19.7 Å². The van der Waals surface area contributed by atoms with Crippen LogP contribution in [-0.2, 0) is 0 Å². The molecule has 2 nitrogen and oxygen atoms in total. The van der Waals surface area contributed by atoms with Crippen LogP contribution < -0.4 is 5.73 Å². The summed E-state index contributed by atoms with van der Waals surface area (Å²) < 4.78 is 13.7. The fraction of sp³-hybridized carbons (Fsp3) is 0.154. The third-order valence-electron chi connectivity index (χ3n) is 2.54. The molecule has 1 aromatic carbocycles. The number of anilines is 1. The highest BCUT2D eigenvalue weighted by molar-refractivity contribution is 5.68. The summed E-state index contributed by atoms with van der Waals surface area (Å²) in [5.74, 6) is 0.217. The zero-order valence-electron chi connectivity index (χ0n) is 9.29. The molecule has 0 unspecified atom stereocenters. The van der Waals surface area contributed by atoms with Crippen molar-refractivity contribution >= 4 is 5.82 Å². The molecule has 0 bridgehead atoms. The zero-order chi connectivity index (χ0) is 11.7. The Morgan fingerprint density at radius 1 is 1.12 bits per heavy atom. The topological polar surface area (TPSA) is 38.9 Å². The first-order chi connectivity index (χ1) is 7.58. The van der Waals surface area contributed by atoms with E-state index in [2.05, 4.69) is 4.98 Å². The molecule has 0 atom stereocenters. The molecule has 1 aromatic heterocycles. The van der Waals surface area contributed by atoms with Gasteiger partial charge in [-0.25, -0.2) is 9.37 Å². The van der Waals surface area contributed by atoms with Gasteiger partial charge in [0.05, 0.1) is 0 Å². The van der Waals surface area contributed by atoms with Crippen molar-refractivity contribution in [1.82, 2.24) is 4.98 Å². The van der Waals surface area contributed by atoms with Crippen LogP contribution in [0.2, 0.25) is 0 Å². The van der Waals surface area contributed by atoms with Gasteiger partial charge in [0, 0.05) is 17.3 Å². The molecule has 0 aliphatic carbocycles. The van der Waals surface area contributed by atoms with Gasteiger partial charge in [-0.1, -0.05) is 11.6 Å². The number of aryl methyl sites for hydroxylation is 2. The van der Waals surface area contributed by atoms with Crippen LogP contribution >= 0.6 is 0 Å². The molecule has 0 amide bonds. The second kappa shape index (κ2) is 3.93. The van der Waals surface area contributed by atoms with Gasteiger partial charge in [0.2, 0.25) is 0 Å². The highest BCUT2D eigenvalue weighted by Crippen LogP contribution is 2.27. The lowest BCUT2D eigenvalue weighted by atomic mass is 10.0. The van der Waals surface area contributed by atoms with E-state index < -0.39 is 0 Å². The number of nitrogen functional groups attached to an aromatic ring is 1. The van der Waals surface area contributed by atoms with Crippen molar-refractivity contribution in [2.45, 2.75) is 13.8 Å². The van der Waals surface area contributed by atoms with Crippen LogP contribution in [0.3, 0.4) is 0 Å². The molecule has 82 valence electrons. The first-order valence-corrected chi connectivity index (χ1v) is 5.06. The molecule has 2 rings (SSSR count). The highest BCUT2D eigenvalue weighted by Gasteiger charge is 2.08. The Hall–Kier alpha value is -1.90. The van der Waals surface area contributed by atoms with Crippen molar-refractivity contribution in [2.24, 2.45) is 0 Å². The molecular formula is C13H13FN2. The Labute approximate surface area is 93.9 Å². The minimum absolute atomic E-state index is 0.236. The lowest BCUT2D eigenvalue weighted by molar-refractivity contribution is 0.630. The van der Waals surface area contributed by atoms with Crippen molar-refractivity contribution in [3.05, 3.63) is 47.4 Å². The molecule has 3 heteroatoms. The van der Waals surface area contributed by atoms with Crippen LogP contribution in [-0.4, -0.2) is 4.98 Å². The van der Waals surface area contributed by atoms with Crippen LogP contribution in [0.25, 0.3) is 11.1 Å². The second-order valence-electron chi connectivity index (χ2n) is 3.91. The first-order valence-electron chi connectivity index (χ1n) is 5.06. The molecule has 1 heterocycles. The lowest BCUT2D eigenvalue weighted by Crippen LogP contribution is -1.94. The molecule has 2 N–H and O–H groups in total. The van der Waals surface area contributed by atoms with Gasteiger partial charge in [0.25, 0.3) is 0 Å². The maximum absolute atomic E-state index is 13.7. The molecular weight excluding hydrogens is 203 g/mol. The van der Waals surface area contributed by atoms with Gasteiger partial charge in [-0.2, -0.15) is 0 Å². The molecule has 0 aliphatic heterocycles. The lowest BCUT2D eigenvalue weighted by Gasteiger charge is -2.08. The second-order valence-corrected chi connectivity index (χ2v) is 3.91. The van der Waals surface area contributed by atoms with E-state index in [0.717, 1.165) is 16.7 Å². The number of hydrogen-bond donors (Lipinski definition) is 1. The van der Waals surface area contributed by atoms with E-state index in [1.165, 1.54) is 6.07 Å². The molecule has 0 fully saturated rings. The number of halogens is 1. The molecule has 16 heavy (non-hydrogen) atoms. The summed E-state index contributed by atoms with van der Waals surface area (Å²) in [6.07, 6.45) is 1.61. The Kier molecular flexibility index (Phi) is 2.60. The summed E-state index contributed by atoms with van der Waals surface area (Å²) in [4.78, 5) is 4.00. The Bertz CT molecular complexity index is 535. The van der Waals surface area contributed by atoms with E-state index in [1.54, 1.807) is 18.3 Å². The van der Waals surface area contributed by atoms with Crippen molar-refractivity contribution < 1.29 is 4.39 Å². The number of benzene rings is 1. The monoisotopic (exact) mass is 216 g/mol. The van der Waals surface area contributed by atoms with E-state index in [-0.39, 0.29) is 5.82 Å². The third-order valence-corrected chi connectivity index (χ3v) is 2.54. The number of nitrogens with zero attached hydrogens (tertiary/aromatic N) is 1. The van der Waals surface area contributed by atoms with Gasteiger partial charge in [-0.3, -0.25) is 0 Å². The van der Waals surface area contributed by atoms with E-state index in [0.29, 0.717) is 11.4 Å². The standard InChI is InChI=1S/C13H13FN2/c1-8-3-4-12(14)10(5-8)11-7-16-13(15)6-9(11)2/h3-7H,1-2H3,(H2,15,16). The average Bonchev–Trinajstić information content (AvgIpc) is 2.22. The zero-order valence-corrected chi connectivity index (χ0v) is 9.29.